The third-order valence-electron chi connectivity index (χ3n) is 5.09. The molecule has 0 N–H and O–H groups in total. The standard InChI is InChI=1S/C20H21F2N3/c21-17-5-6-18(22)16(11-17)13-24-9-7-15(8-10-24)12-25-14-23-19-3-1-2-4-20(19)25/h1-6,11,14-15H,7-10,12-13H2. The number of nitrogens with zero attached hydrogens (tertiary/aromatic N) is 3. The van der Waals surface area contributed by atoms with Gasteiger partial charge >= 0.3 is 0 Å². The molecule has 3 nitrogen and oxygen atoms in total. The highest BCUT2D eigenvalue weighted by Gasteiger charge is 2.21. The maximum atomic E-state index is 13.8. The Morgan fingerprint density at radius 2 is 1.84 bits per heavy atom. The molecular weight excluding hydrogens is 320 g/mol. The van der Waals surface area contributed by atoms with Crippen molar-refractivity contribution in [1.82, 2.24) is 14.5 Å². The molecule has 2 heterocycles. The van der Waals surface area contributed by atoms with Crippen LogP contribution in [0.25, 0.3) is 11.0 Å². The lowest BCUT2D eigenvalue weighted by atomic mass is 9.96. The van der Waals surface area contributed by atoms with Gasteiger partial charge in [-0.15, -0.1) is 0 Å². The molecule has 1 aliphatic rings. The van der Waals surface area contributed by atoms with Gasteiger partial charge in [-0.3, -0.25) is 4.90 Å². The minimum absolute atomic E-state index is 0.326. The van der Waals surface area contributed by atoms with Gasteiger partial charge < -0.3 is 4.57 Å². The van der Waals surface area contributed by atoms with Crippen LogP contribution in [0, 0.1) is 17.6 Å². The topological polar surface area (TPSA) is 21.1 Å². The van der Waals surface area contributed by atoms with E-state index >= 15 is 0 Å². The molecular formula is C20H21F2N3. The zero-order valence-corrected chi connectivity index (χ0v) is 14.0. The quantitative estimate of drug-likeness (QED) is 0.708. The van der Waals surface area contributed by atoms with Gasteiger partial charge in [0.15, 0.2) is 0 Å². The minimum Gasteiger partial charge on any atom is -0.330 e. The van der Waals surface area contributed by atoms with Crippen molar-refractivity contribution in [3.63, 3.8) is 0 Å². The zero-order valence-electron chi connectivity index (χ0n) is 14.0. The number of rotatable bonds is 4. The Bertz CT molecular complexity index is 866. The highest BCUT2D eigenvalue weighted by atomic mass is 19.1. The van der Waals surface area contributed by atoms with Gasteiger partial charge in [0.25, 0.3) is 0 Å². The van der Waals surface area contributed by atoms with Crippen molar-refractivity contribution in [2.45, 2.75) is 25.9 Å². The van der Waals surface area contributed by atoms with E-state index in [2.05, 4.69) is 20.5 Å². The number of imidazole rings is 1. The fourth-order valence-electron chi connectivity index (χ4n) is 3.67. The van der Waals surface area contributed by atoms with Crippen molar-refractivity contribution < 1.29 is 8.78 Å². The summed E-state index contributed by atoms with van der Waals surface area (Å²) in [5.74, 6) is -0.113. The third-order valence-corrected chi connectivity index (χ3v) is 5.09. The predicted octanol–water partition coefficient (Wildman–Crippen LogP) is 4.23. The monoisotopic (exact) mass is 341 g/mol. The maximum Gasteiger partial charge on any atom is 0.127 e. The fraction of sp³-hybridized carbons (Fsp3) is 0.350. The lowest BCUT2D eigenvalue weighted by Gasteiger charge is -2.32. The van der Waals surface area contributed by atoms with E-state index in [0.717, 1.165) is 38.0 Å². The van der Waals surface area contributed by atoms with Crippen LogP contribution in [0.2, 0.25) is 0 Å². The number of benzene rings is 2. The summed E-state index contributed by atoms with van der Waals surface area (Å²) in [6.07, 6.45) is 4.03. The maximum absolute atomic E-state index is 13.8. The van der Waals surface area contributed by atoms with E-state index in [9.17, 15) is 8.78 Å². The van der Waals surface area contributed by atoms with E-state index in [1.807, 2.05) is 24.5 Å². The molecule has 1 saturated heterocycles. The predicted molar refractivity (Wildman–Crippen MR) is 94.1 cm³/mol. The molecule has 1 fully saturated rings. The first-order chi connectivity index (χ1) is 12.2. The first kappa shape index (κ1) is 16.2. The van der Waals surface area contributed by atoms with Crippen molar-refractivity contribution in [2.24, 2.45) is 5.92 Å². The van der Waals surface area contributed by atoms with E-state index in [-0.39, 0.29) is 11.6 Å². The molecule has 0 spiro atoms. The van der Waals surface area contributed by atoms with Crippen molar-refractivity contribution in [3.05, 3.63) is 66.0 Å². The van der Waals surface area contributed by atoms with E-state index in [1.165, 1.54) is 23.7 Å². The largest absolute Gasteiger partial charge is 0.330 e. The summed E-state index contributed by atoms with van der Waals surface area (Å²) in [5.41, 5.74) is 2.65. The van der Waals surface area contributed by atoms with Gasteiger partial charge in [0.2, 0.25) is 0 Å². The second-order valence-corrected chi connectivity index (χ2v) is 6.84. The second kappa shape index (κ2) is 6.92. The van der Waals surface area contributed by atoms with Gasteiger partial charge in [-0.1, -0.05) is 12.1 Å². The van der Waals surface area contributed by atoms with Crippen LogP contribution in [-0.2, 0) is 13.1 Å². The summed E-state index contributed by atoms with van der Waals surface area (Å²) in [4.78, 5) is 6.66. The molecule has 5 heteroatoms. The molecule has 0 unspecified atom stereocenters. The minimum atomic E-state index is -0.377. The van der Waals surface area contributed by atoms with Crippen LogP contribution in [0.4, 0.5) is 8.78 Å². The fourth-order valence-corrected chi connectivity index (χ4v) is 3.67. The molecule has 4 rings (SSSR count). The summed E-state index contributed by atoms with van der Waals surface area (Å²) < 4.78 is 29.3. The number of fused-ring (bicyclic) bond motifs is 1. The molecule has 3 aromatic rings. The molecule has 1 aliphatic heterocycles. The molecule has 1 aromatic heterocycles. The zero-order chi connectivity index (χ0) is 17.2. The van der Waals surface area contributed by atoms with Crippen LogP contribution in [0.5, 0.6) is 0 Å². The molecule has 0 saturated carbocycles. The molecule has 130 valence electrons. The Hall–Kier alpha value is -2.27. The Kier molecular flexibility index (Phi) is 4.49. The van der Waals surface area contributed by atoms with Crippen LogP contribution in [-0.4, -0.2) is 27.5 Å². The van der Waals surface area contributed by atoms with Crippen molar-refractivity contribution in [2.75, 3.05) is 13.1 Å². The van der Waals surface area contributed by atoms with Gasteiger partial charge in [-0.25, -0.2) is 13.8 Å². The van der Waals surface area contributed by atoms with Crippen molar-refractivity contribution >= 4 is 11.0 Å². The highest BCUT2D eigenvalue weighted by Crippen LogP contribution is 2.23. The van der Waals surface area contributed by atoms with E-state index < -0.39 is 0 Å². The van der Waals surface area contributed by atoms with Gasteiger partial charge in [0.1, 0.15) is 11.6 Å². The van der Waals surface area contributed by atoms with Gasteiger partial charge in [-0.05, 0) is 62.2 Å². The van der Waals surface area contributed by atoms with E-state index in [4.69, 9.17) is 0 Å². The van der Waals surface area contributed by atoms with Crippen LogP contribution >= 0.6 is 0 Å². The van der Waals surface area contributed by atoms with Gasteiger partial charge in [-0.2, -0.15) is 0 Å². The molecule has 0 bridgehead atoms. The highest BCUT2D eigenvalue weighted by molar-refractivity contribution is 5.74. The van der Waals surface area contributed by atoms with Crippen LogP contribution < -0.4 is 0 Å². The number of aromatic nitrogens is 2. The summed E-state index contributed by atoms with van der Waals surface area (Å²) in [6, 6.07) is 11.9. The van der Waals surface area contributed by atoms with Gasteiger partial charge in [0, 0.05) is 18.7 Å². The van der Waals surface area contributed by atoms with Gasteiger partial charge in [0.05, 0.1) is 17.4 Å². The number of hydrogen-bond acceptors (Lipinski definition) is 2. The molecule has 0 radical (unpaired) electrons. The average molecular weight is 341 g/mol. The number of para-hydroxylation sites is 2. The second-order valence-electron chi connectivity index (χ2n) is 6.84. The van der Waals surface area contributed by atoms with E-state index in [0.29, 0.717) is 18.0 Å². The Morgan fingerprint density at radius 1 is 1.04 bits per heavy atom. The number of halogens is 2. The summed E-state index contributed by atoms with van der Waals surface area (Å²) in [6.45, 7) is 3.26. The number of hydrogen-bond donors (Lipinski definition) is 0. The number of likely N-dealkylation sites (tertiary alicyclic amines) is 1. The first-order valence-corrected chi connectivity index (χ1v) is 8.75. The van der Waals surface area contributed by atoms with Crippen molar-refractivity contribution in [1.29, 1.82) is 0 Å². The normalized spacial score (nSPS) is 16.6. The average Bonchev–Trinajstić information content (AvgIpc) is 3.03. The Morgan fingerprint density at radius 3 is 2.68 bits per heavy atom. The van der Waals surface area contributed by atoms with Crippen LogP contribution in [0.1, 0.15) is 18.4 Å². The van der Waals surface area contributed by atoms with Crippen molar-refractivity contribution in [3.8, 4) is 0 Å². The summed E-state index contributed by atoms with van der Waals surface area (Å²) >= 11 is 0. The lowest BCUT2D eigenvalue weighted by Crippen LogP contribution is -2.34. The van der Waals surface area contributed by atoms with Crippen LogP contribution in [0.15, 0.2) is 48.8 Å². The third kappa shape index (κ3) is 3.56. The molecule has 25 heavy (non-hydrogen) atoms. The molecule has 0 aliphatic carbocycles. The Balaban J connectivity index is 1.36. The number of piperidine rings is 1. The summed E-state index contributed by atoms with van der Waals surface area (Å²) in [5, 5.41) is 0. The molecule has 2 aromatic carbocycles. The van der Waals surface area contributed by atoms with E-state index in [1.54, 1.807) is 0 Å². The SMILES string of the molecule is Fc1ccc(F)c(CN2CCC(Cn3cnc4ccccc43)CC2)c1. The molecule has 0 amide bonds. The molecule has 0 atom stereocenters. The smallest absolute Gasteiger partial charge is 0.127 e. The Labute approximate surface area is 145 Å². The first-order valence-electron chi connectivity index (χ1n) is 8.75. The summed E-state index contributed by atoms with van der Waals surface area (Å²) in [7, 11) is 0. The lowest BCUT2D eigenvalue weighted by molar-refractivity contribution is 0.166. The van der Waals surface area contributed by atoms with Crippen LogP contribution in [0.3, 0.4) is 0 Å².